The maximum Gasteiger partial charge on any atom is 0.326 e. The van der Waals surface area contributed by atoms with E-state index in [9.17, 15) is 19.5 Å². The summed E-state index contributed by atoms with van der Waals surface area (Å²) in [7, 11) is 0. The van der Waals surface area contributed by atoms with E-state index in [4.69, 9.17) is 4.74 Å². The second-order valence-electron chi connectivity index (χ2n) is 10.1. The van der Waals surface area contributed by atoms with E-state index in [0.29, 0.717) is 47.0 Å². The second kappa shape index (κ2) is 14.8. The Morgan fingerprint density at radius 3 is 2.16 bits per heavy atom. The van der Waals surface area contributed by atoms with Gasteiger partial charge >= 0.3 is 5.97 Å². The Morgan fingerprint density at radius 1 is 0.795 bits per heavy atom. The Bertz CT molecular complexity index is 1670. The number of nitrogens with one attached hydrogen (secondary N) is 1. The molecule has 0 fully saturated rings. The van der Waals surface area contributed by atoms with Crippen LogP contribution in [0.1, 0.15) is 37.6 Å². The van der Waals surface area contributed by atoms with E-state index in [2.05, 4.69) is 5.32 Å². The number of para-hydroxylation sites is 2. The zero-order valence-electron chi connectivity index (χ0n) is 24.0. The van der Waals surface area contributed by atoms with Crippen molar-refractivity contribution in [1.82, 2.24) is 0 Å². The van der Waals surface area contributed by atoms with Gasteiger partial charge in [-0.3, -0.25) is 9.59 Å². The predicted octanol–water partition coefficient (Wildman–Crippen LogP) is 7.20. The molecular formula is C36H32N2O5S. The van der Waals surface area contributed by atoms with Crippen molar-refractivity contribution < 1.29 is 24.2 Å². The lowest BCUT2D eigenvalue weighted by Crippen LogP contribution is -2.32. The molecule has 0 unspecified atom stereocenters. The van der Waals surface area contributed by atoms with E-state index in [-0.39, 0.29) is 18.1 Å². The molecule has 5 aromatic rings. The molecule has 1 atom stereocenters. The Hall–Kier alpha value is -5.21. The van der Waals surface area contributed by atoms with Crippen molar-refractivity contribution >= 4 is 40.4 Å². The molecule has 0 bridgehead atoms. The van der Waals surface area contributed by atoms with E-state index in [1.54, 1.807) is 53.4 Å². The highest BCUT2D eigenvalue weighted by molar-refractivity contribution is 7.12. The van der Waals surface area contributed by atoms with Gasteiger partial charge in [0.2, 0.25) is 0 Å². The van der Waals surface area contributed by atoms with Gasteiger partial charge in [-0.05, 0) is 59.8 Å². The summed E-state index contributed by atoms with van der Waals surface area (Å²) < 4.78 is 5.95. The number of amides is 1. The number of aliphatic carboxylic acids is 1. The molecule has 1 aromatic heterocycles. The Morgan fingerprint density at radius 2 is 1.48 bits per heavy atom. The molecule has 0 spiro atoms. The molecule has 0 aliphatic carbocycles. The first-order valence-corrected chi connectivity index (χ1v) is 15.2. The SMILES string of the molecule is O=C(c1ccccc1)c1ccccc1N[C@@H](Cc1ccc(OCCCN(C(=O)c2cccs2)c2ccccc2)cc1)C(=O)O. The Balaban J connectivity index is 1.17. The predicted molar refractivity (Wildman–Crippen MR) is 174 cm³/mol. The molecule has 0 aliphatic rings. The van der Waals surface area contributed by atoms with Crippen molar-refractivity contribution in [3.63, 3.8) is 0 Å². The maximum absolute atomic E-state index is 13.1. The number of carboxylic acid groups (broad SMARTS) is 1. The number of carbonyl (C=O) groups excluding carboxylic acids is 2. The third-order valence-electron chi connectivity index (χ3n) is 7.04. The van der Waals surface area contributed by atoms with Crippen molar-refractivity contribution in [1.29, 1.82) is 0 Å². The van der Waals surface area contributed by atoms with Crippen molar-refractivity contribution in [2.24, 2.45) is 0 Å². The zero-order valence-corrected chi connectivity index (χ0v) is 24.8. The quantitative estimate of drug-likeness (QED) is 0.103. The van der Waals surface area contributed by atoms with Gasteiger partial charge in [0.05, 0.1) is 11.5 Å². The average molecular weight is 605 g/mol. The molecule has 4 aromatic carbocycles. The van der Waals surface area contributed by atoms with Crippen LogP contribution in [0.3, 0.4) is 0 Å². The average Bonchev–Trinajstić information content (AvgIpc) is 3.61. The molecule has 222 valence electrons. The number of ether oxygens (including phenoxy) is 1. The van der Waals surface area contributed by atoms with Crippen molar-refractivity contribution in [3.8, 4) is 5.75 Å². The number of thiophene rings is 1. The van der Waals surface area contributed by atoms with Crippen LogP contribution in [0.25, 0.3) is 0 Å². The lowest BCUT2D eigenvalue weighted by atomic mass is 10.00. The van der Waals surface area contributed by atoms with E-state index in [0.717, 1.165) is 11.3 Å². The number of carboxylic acids is 1. The minimum Gasteiger partial charge on any atom is -0.494 e. The number of hydrogen-bond donors (Lipinski definition) is 2. The number of benzene rings is 4. The monoisotopic (exact) mass is 604 g/mol. The number of nitrogens with zero attached hydrogens (tertiary/aromatic N) is 1. The summed E-state index contributed by atoms with van der Waals surface area (Å²) in [4.78, 5) is 40.8. The molecule has 2 N–H and O–H groups in total. The van der Waals surface area contributed by atoms with Crippen LogP contribution in [0.5, 0.6) is 5.75 Å². The van der Waals surface area contributed by atoms with Crippen LogP contribution in [0.15, 0.2) is 127 Å². The Labute approximate surface area is 260 Å². The third-order valence-corrected chi connectivity index (χ3v) is 7.90. The molecule has 8 heteroatoms. The molecule has 7 nitrogen and oxygen atoms in total. The number of hydrogen-bond acceptors (Lipinski definition) is 6. The van der Waals surface area contributed by atoms with Crippen LogP contribution in [0.2, 0.25) is 0 Å². The zero-order chi connectivity index (χ0) is 30.7. The first-order valence-electron chi connectivity index (χ1n) is 14.3. The van der Waals surface area contributed by atoms with Gasteiger partial charge < -0.3 is 20.1 Å². The van der Waals surface area contributed by atoms with Gasteiger partial charge in [-0.2, -0.15) is 0 Å². The standard InChI is InChI=1S/C36H32N2O5S/c39-34(27-11-3-1-4-12-27)30-15-7-8-16-31(30)37-32(36(41)42)25-26-18-20-29(21-19-26)43-23-10-22-38(28-13-5-2-6-14-28)35(40)33-17-9-24-44-33/h1-9,11-21,24,32,37H,10,22-23,25H2,(H,41,42)/t32-/m0/s1. The van der Waals surface area contributed by atoms with Gasteiger partial charge in [0.15, 0.2) is 5.78 Å². The minimum atomic E-state index is -1.02. The van der Waals surface area contributed by atoms with Crippen molar-refractivity contribution in [2.75, 3.05) is 23.4 Å². The Kier molecular flexibility index (Phi) is 10.2. The van der Waals surface area contributed by atoms with Crippen LogP contribution in [0, 0.1) is 0 Å². The second-order valence-corrected chi connectivity index (χ2v) is 11.0. The highest BCUT2D eigenvalue weighted by Gasteiger charge is 2.22. The van der Waals surface area contributed by atoms with Crippen LogP contribution in [-0.4, -0.2) is 42.0 Å². The first-order chi connectivity index (χ1) is 21.5. The fourth-order valence-electron chi connectivity index (χ4n) is 4.80. The van der Waals surface area contributed by atoms with Crippen molar-refractivity contribution in [2.45, 2.75) is 18.9 Å². The van der Waals surface area contributed by atoms with Gasteiger partial charge in [0.25, 0.3) is 5.91 Å². The van der Waals surface area contributed by atoms with E-state index < -0.39 is 12.0 Å². The summed E-state index contributed by atoms with van der Waals surface area (Å²) >= 11 is 1.42. The number of ketones is 1. The number of carbonyl (C=O) groups is 3. The summed E-state index contributed by atoms with van der Waals surface area (Å²) in [6.07, 6.45) is 0.834. The highest BCUT2D eigenvalue weighted by atomic mass is 32.1. The summed E-state index contributed by atoms with van der Waals surface area (Å²) in [6, 6.07) is 35.5. The molecule has 0 aliphatic heterocycles. The van der Waals surface area contributed by atoms with Gasteiger partial charge in [-0.25, -0.2) is 4.79 Å². The molecule has 0 saturated carbocycles. The lowest BCUT2D eigenvalue weighted by molar-refractivity contribution is -0.137. The van der Waals surface area contributed by atoms with Gasteiger partial charge in [-0.15, -0.1) is 11.3 Å². The largest absolute Gasteiger partial charge is 0.494 e. The first kappa shape index (κ1) is 30.3. The normalized spacial score (nSPS) is 11.4. The van der Waals surface area contributed by atoms with E-state index >= 15 is 0 Å². The van der Waals surface area contributed by atoms with Gasteiger partial charge in [-0.1, -0.05) is 78.9 Å². The summed E-state index contributed by atoms with van der Waals surface area (Å²) in [5.41, 5.74) is 3.06. The van der Waals surface area contributed by atoms with E-state index in [1.165, 1.54) is 11.3 Å². The number of anilines is 2. The summed E-state index contributed by atoms with van der Waals surface area (Å²) in [5.74, 6) is -0.582. The molecule has 44 heavy (non-hydrogen) atoms. The fraction of sp³-hybridized carbons (Fsp3) is 0.139. The third kappa shape index (κ3) is 7.79. The molecular weight excluding hydrogens is 572 g/mol. The molecule has 0 radical (unpaired) electrons. The van der Waals surface area contributed by atoms with Crippen LogP contribution < -0.4 is 15.0 Å². The molecule has 1 heterocycles. The van der Waals surface area contributed by atoms with Crippen molar-refractivity contribution in [3.05, 3.63) is 148 Å². The fourth-order valence-corrected chi connectivity index (χ4v) is 5.47. The molecule has 5 rings (SSSR count). The molecule has 1 amide bonds. The molecule has 0 saturated heterocycles. The summed E-state index contributed by atoms with van der Waals surface area (Å²) in [5, 5.41) is 14.9. The van der Waals surface area contributed by atoms with E-state index in [1.807, 2.05) is 78.2 Å². The van der Waals surface area contributed by atoms with Gasteiger partial charge in [0.1, 0.15) is 11.8 Å². The van der Waals surface area contributed by atoms with Crippen LogP contribution in [-0.2, 0) is 11.2 Å². The van der Waals surface area contributed by atoms with Crippen LogP contribution >= 0.6 is 11.3 Å². The maximum atomic E-state index is 13.1. The smallest absolute Gasteiger partial charge is 0.326 e. The summed E-state index contributed by atoms with van der Waals surface area (Å²) in [6.45, 7) is 0.908. The van der Waals surface area contributed by atoms with Gasteiger partial charge in [0, 0.05) is 35.5 Å². The minimum absolute atomic E-state index is 0.0378. The lowest BCUT2D eigenvalue weighted by Gasteiger charge is -2.22. The highest BCUT2D eigenvalue weighted by Crippen LogP contribution is 2.23. The topological polar surface area (TPSA) is 95.9 Å². The van der Waals surface area contributed by atoms with Crippen LogP contribution in [0.4, 0.5) is 11.4 Å². The number of rotatable bonds is 14.